The smallest absolute Gasteiger partial charge is 0.166 e. The normalized spacial score (nSPS) is 18.2. The average molecular weight is 505 g/mol. The molecular weight excluding hydrogens is 464 g/mol. The number of aromatic nitrogens is 2. The van der Waals surface area contributed by atoms with Crippen LogP contribution in [0.25, 0.3) is 10.9 Å². The number of ketones is 1. The van der Waals surface area contributed by atoms with Crippen LogP contribution < -0.4 is 10.1 Å². The van der Waals surface area contributed by atoms with E-state index in [0.29, 0.717) is 30.6 Å². The molecule has 7 heteroatoms. The molecule has 0 bridgehead atoms. The maximum atomic E-state index is 13.2. The highest BCUT2D eigenvalue weighted by molar-refractivity contribution is 6.04. The lowest BCUT2D eigenvalue weighted by Gasteiger charge is -2.25. The number of Topliss-reactive ketones (excluding diaryl/α,β-unsaturated/α-hetero) is 1. The van der Waals surface area contributed by atoms with Crippen molar-refractivity contribution in [3.8, 4) is 11.5 Å². The van der Waals surface area contributed by atoms with E-state index in [0.717, 1.165) is 67.5 Å². The first-order valence-corrected chi connectivity index (χ1v) is 13.9. The summed E-state index contributed by atoms with van der Waals surface area (Å²) >= 11 is 0. The molecule has 3 N–H and O–H groups in total. The van der Waals surface area contributed by atoms with Gasteiger partial charge in [-0.25, -0.2) is 0 Å². The summed E-state index contributed by atoms with van der Waals surface area (Å²) in [6.07, 6.45) is 10.4. The van der Waals surface area contributed by atoms with E-state index in [1.165, 1.54) is 30.4 Å². The zero-order valence-electron chi connectivity index (χ0n) is 22.2. The van der Waals surface area contributed by atoms with Crippen LogP contribution >= 0.6 is 0 Å². The summed E-state index contributed by atoms with van der Waals surface area (Å²) in [5.41, 5.74) is 3.88. The summed E-state index contributed by atoms with van der Waals surface area (Å²) in [4.78, 5) is 15.3. The standard InChI is InChI=1S/C30H40N4O3/c1-34(2)14-15-37-24-12-11-21-16-20(8-10-22(21)17-24)9-13-28(35)26-18-25-27(19-29(26)36)32-33-30(25)31-23-6-4-3-5-7-23/h11-12,17-20,23,36H,3-10,13-16H2,1-2H3,(H2,31,32,33). The number of aromatic hydroxyl groups is 1. The van der Waals surface area contributed by atoms with Gasteiger partial charge in [0, 0.05) is 30.5 Å². The number of nitrogens with zero attached hydrogens (tertiary/aromatic N) is 2. The Morgan fingerprint density at radius 2 is 1.97 bits per heavy atom. The number of aryl methyl sites for hydroxylation is 1. The summed E-state index contributed by atoms with van der Waals surface area (Å²) in [5, 5.41) is 22.5. The number of fused-ring (bicyclic) bond motifs is 2. The zero-order valence-corrected chi connectivity index (χ0v) is 22.2. The van der Waals surface area contributed by atoms with Crippen LogP contribution in [0.5, 0.6) is 11.5 Å². The van der Waals surface area contributed by atoms with Gasteiger partial charge in [-0.05, 0) is 87.9 Å². The topological polar surface area (TPSA) is 90.5 Å². The molecule has 1 aromatic heterocycles. The van der Waals surface area contributed by atoms with Gasteiger partial charge in [-0.15, -0.1) is 0 Å². The predicted molar refractivity (Wildman–Crippen MR) is 148 cm³/mol. The maximum Gasteiger partial charge on any atom is 0.166 e. The van der Waals surface area contributed by atoms with Gasteiger partial charge in [-0.1, -0.05) is 25.3 Å². The highest BCUT2D eigenvalue weighted by atomic mass is 16.5. The number of hydrogen-bond acceptors (Lipinski definition) is 6. The van der Waals surface area contributed by atoms with Gasteiger partial charge < -0.3 is 20.1 Å². The van der Waals surface area contributed by atoms with E-state index in [1.54, 1.807) is 6.07 Å². The highest BCUT2D eigenvalue weighted by Crippen LogP contribution is 2.34. The van der Waals surface area contributed by atoms with E-state index in [1.807, 2.05) is 20.2 Å². The lowest BCUT2D eigenvalue weighted by Crippen LogP contribution is -2.22. The first-order chi connectivity index (χ1) is 18.0. The fourth-order valence-electron chi connectivity index (χ4n) is 5.79. The van der Waals surface area contributed by atoms with Crippen molar-refractivity contribution in [1.29, 1.82) is 0 Å². The molecule has 0 spiro atoms. The molecule has 2 aromatic carbocycles. The van der Waals surface area contributed by atoms with E-state index in [-0.39, 0.29) is 11.5 Å². The number of H-pyrrole nitrogens is 1. The minimum atomic E-state index is -0.000321. The van der Waals surface area contributed by atoms with E-state index in [9.17, 15) is 9.90 Å². The number of likely N-dealkylation sites (N-methyl/N-ethyl adjacent to an activating group) is 1. The van der Waals surface area contributed by atoms with Crippen LogP contribution in [0.3, 0.4) is 0 Å². The van der Waals surface area contributed by atoms with Gasteiger partial charge in [-0.2, -0.15) is 5.10 Å². The second-order valence-corrected chi connectivity index (χ2v) is 11.1. The van der Waals surface area contributed by atoms with Gasteiger partial charge in [0.15, 0.2) is 11.6 Å². The molecule has 1 saturated carbocycles. The molecule has 2 aliphatic carbocycles. The summed E-state index contributed by atoms with van der Waals surface area (Å²) < 4.78 is 5.90. The van der Waals surface area contributed by atoms with Crippen molar-refractivity contribution in [2.75, 3.05) is 32.6 Å². The van der Waals surface area contributed by atoms with Crippen molar-refractivity contribution in [3.05, 3.63) is 47.0 Å². The number of anilines is 1. The largest absolute Gasteiger partial charge is 0.507 e. The minimum Gasteiger partial charge on any atom is -0.507 e. The molecule has 2 aliphatic rings. The molecule has 5 rings (SSSR count). The Morgan fingerprint density at radius 1 is 1.14 bits per heavy atom. The monoisotopic (exact) mass is 504 g/mol. The lowest BCUT2D eigenvalue weighted by molar-refractivity contribution is 0.0970. The number of carbonyl (C=O) groups is 1. The number of hydrogen-bond donors (Lipinski definition) is 3. The van der Waals surface area contributed by atoms with Gasteiger partial charge >= 0.3 is 0 Å². The molecule has 7 nitrogen and oxygen atoms in total. The summed E-state index contributed by atoms with van der Waals surface area (Å²) in [7, 11) is 4.09. The fraction of sp³-hybridized carbons (Fsp3) is 0.533. The summed E-state index contributed by atoms with van der Waals surface area (Å²) in [5.74, 6) is 2.22. The molecule has 1 unspecified atom stereocenters. The summed E-state index contributed by atoms with van der Waals surface area (Å²) in [6, 6.07) is 10.3. The lowest BCUT2D eigenvalue weighted by atomic mass is 9.81. The SMILES string of the molecule is CN(C)CCOc1ccc2c(c1)CCC(CCC(=O)c1cc3c(NC4CCCCC4)n[nH]c3cc1O)C2. The van der Waals surface area contributed by atoms with Crippen molar-refractivity contribution in [2.45, 2.75) is 70.3 Å². The van der Waals surface area contributed by atoms with E-state index in [4.69, 9.17) is 4.74 Å². The van der Waals surface area contributed by atoms with Crippen LogP contribution in [0.4, 0.5) is 5.82 Å². The third kappa shape index (κ3) is 6.27. The molecule has 198 valence electrons. The van der Waals surface area contributed by atoms with Crippen LogP contribution in [0.15, 0.2) is 30.3 Å². The molecule has 0 amide bonds. The Hall–Kier alpha value is -3.06. The minimum absolute atomic E-state index is 0.000321. The highest BCUT2D eigenvalue weighted by Gasteiger charge is 2.23. The Morgan fingerprint density at radius 3 is 2.78 bits per heavy atom. The van der Waals surface area contributed by atoms with E-state index in [2.05, 4.69) is 38.6 Å². The number of phenols is 1. The van der Waals surface area contributed by atoms with Gasteiger partial charge in [0.05, 0.1) is 11.1 Å². The van der Waals surface area contributed by atoms with Crippen molar-refractivity contribution >= 4 is 22.5 Å². The number of benzene rings is 2. The quantitative estimate of drug-likeness (QED) is 0.306. The second kappa shape index (κ2) is 11.5. The van der Waals surface area contributed by atoms with Crippen LogP contribution in [-0.2, 0) is 12.8 Å². The summed E-state index contributed by atoms with van der Waals surface area (Å²) in [6.45, 7) is 1.58. The van der Waals surface area contributed by atoms with Crippen molar-refractivity contribution in [1.82, 2.24) is 15.1 Å². The van der Waals surface area contributed by atoms with Crippen LogP contribution in [0, 0.1) is 5.92 Å². The van der Waals surface area contributed by atoms with Crippen LogP contribution in [-0.4, -0.2) is 59.3 Å². The molecule has 3 aromatic rings. The van der Waals surface area contributed by atoms with Crippen molar-refractivity contribution in [2.24, 2.45) is 5.92 Å². The second-order valence-electron chi connectivity index (χ2n) is 11.1. The third-order valence-corrected chi connectivity index (χ3v) is 8.02. The number of aromatic amines is 1. The van der Waals surface area contributed by atoms with Gasteiger partial charge in [0.1, 0.15) is 18.1 Å². The van der Waals surface area contributed by atoms with Gasteiger partial charge in [0.2, 0.25) is 0 Å². The number of nitrogens with one attached hydrogen (secondary N) is 2. The van der Waals surface area contributed by atoms with E-state index < -0.39 is 0 Å². The molecule has 0 aliphatic heterocycles. The zero-order chi connectivity index (χ0) is 25.8. The number of ether oxygens (including phenoxy) is 1. The number of rotatable bonds is 10. The first-order valence-electron chi connectivity index (χ1n) is 13.9. The molecule has 37 heavy (non-hydrogen) atoms. The van der Waals surface area contributed by atoms with E-state index >= 15 is 0 Å². The molecule has 1 heterocycles. The fourth-order valence-corrected chi connectivity index (χ4v) is 5.79. The van der Waals surface area contributed by atoms with Crippen molar-refractivity contribution in [3.63, 3.8) is 0 Å². The third-order valence-electron chi connectivity index (χ3n) is 8.02. The molecule has 1 fully saturated rings. The molecular formula is C30H40N4O3. The number of carbonyl (C=O) groups excluding carboxylic acids is 1. The average Bonchev–Trinajstić information content (AvgIpc) is 3.28. The Labute approximate surface area is 219 Å². The van der Waals surface area contributed by atoms with Crippen LogP contribution in [0.2, 0.25) is 0 Å². The Bertz CT molecular complexity index is 1230. The number of phenolic OH excluding ortho intramolecular Hbond substituents is 1. The molecule has 0 radical (unpaired) electrons. The van der Waals surface area contributed by atoms with Gasteiger partial charge in [-0.3, -0.25) is 9.89 Å². The maximum absolute atomic E-state index is 13.2. The molecule has 1 atom stereocenters. The van der Waals surface area contributed by atoms with Gasteiger partial charge in [0.25, 0.3) is 0 Å². The van der Waals surface area contributed by atoms with Crippen molar-refractivity contribution < 1.29 is 14.6 Å². The molecule has 0 saturated heterocycles. The predicted octanol–water partition coefficient (Wildman–Crippen LogP) is 5.72. The Balaban J connectivity index is 1.19. The Kier molecular flexibility index (Phi) is 7.99. The van der Waals surface area contributed by atoms with Crippen LogP contribution in [0.1, 0.15) is 72.9 Å². The first kappa shape index (κ1) is 25.6.